The van der Waals surface area contributed by atoms with Crippen LogP contribution in [0.5, 0.6) is 5.75 Å². The molecule has 2 amide bonds. The minimum atomic E-state index is -3.65. The summed E-state index contributed by atoms with van der Waals surface area (Å²) in [5.41, 5.74) is 3.09. The van der Waals surface area contributed by atoms with Gasteiger partial charge in [0.05, 0.1) is 25.2 Å². The van der Waals surface area contributed by atoms with Crippen LogP contribution in [-0.4, -0.2) is 64.5 Å². The number of carbonyl (C=O) groups excluding carboxylic acids is 2. The Morgan fingerprint density at radius 1 is 1.11 bits per heavy atom. The van der Waals surface area contributed by atoms with E-state index in [0.717, 1.165) is 17.7 Å². The van der Waals surface area contributed by atoms with Gasteiger partial charge in [0, 0.05) is 43.9 Å². The lowest BCUT2D eigenvalue weighted by molar-refractivity contribution is -0.117. The molecule has 0 saturated carbocycles. The fraction of sp³-hybridized carbons (Fsp3) is 0.440. The van der Waals surface area contributed by atoms with Crippen LogP contribution in [0, 0.1) is 6.92 Å². The molecule has 0 unspecified atom stereocenters. The normalized spacial score (nSPS) is 17.0. The molecule has 2 aromatic rings. The van der Waals surface area contributed by atoms with Crippen molar-refractivity contribution in [3.63, 3.8) is 0 Å². The Morgan fingerprint density at radius 3 is 2.54 bits per heavy atom. The summed E-state index contributed by atoms with van der Waals surface area (Å²) in [4.78, 5) is 26.7. The first-order valence-corrected chi connectivity index (χ1v) is 13.2. The molecule has 188 valence electrons. The molecule has 2 aliphatic heterocycles. The molecular weight excluding hydrogens is 470 g/mol. The van der Waals surface area contributed by atoms with Crippen LogP contribution in [0.1, 0.15) is 30.4 Å². The van der Waals surface area contributed by atoms with Gasteiger partial charge < -0.3 is 19.7 Å². The molecule has 35 heavy (non-hydrogen) atoms. The van der Waals surface area contributed by atoms with Crippen LogP contribution in [0.3, 0.4) is 0 Å². The molecule has 0 bridgehead atoms. The predicted molar refractivity (Wildman–Crippen MR) is 132 cm³/mol. The topological polar surface area (TPSA) is 105 Å². The van der Waals surface area contributed by atoms with Gasteiger partial charge in [0.15, 0.2) is 0 Å². The maximum atomic E-state index is 13.0. The van der Waals surface area contributed by atoms with Gasteiger partial charge >= 0.3 is 0 Å². The van der Waals surface area contributed by atoms with E-state index in [9.17, 15) is 18.0 Å². The molecule has 0 radical (unpaired) electrons. The highest BCUT2D eigenvalue weighted by Crippen LogP contribution is 2.28. The van der Waals surface area contributed by atoms with Gasteiger partial charge in [-0.1, -0.05) is 0 Å². The number of nitrogens with zero attached hydrogens (tertiary/aromatic N) is 2. The fourth-order valence-electron chi connectivity index (χ4n) is 4.46. The van der Waals surface area contributed by atoms with Gasteiger partial charge in [-0.05, 0) is 67.3 Å². The second-order valence-corrected chi connectivity index (χ2v) is 10.6. The number of carbonyl (C=O) groups is 2. The second-order valence-electron chi connectivity index (χ2n) is 8.69. The zero-order chi connectivity index (χ0) is 25.0. The Hall–Kier alpha value is -2.95. The first-order chi connectivity index (χ1) is 16.8. The van der Waals surface area contributed by atoms with E-state index in [1.165, 1.54) is 17.5 Å². The van der Waals surface area contributed by atoms with Gasteiger partial charge in [-0.25, -0.2) is 8.42 Å². The maximum Gasteiger partial charge on any atom is 0.243 e. The largest absolute Gasteiger partial charge is 0.496 e. The van der Waals surface area contributed by atoms with Crippen molar-refractivity contribution >= 4 is 33.2 Å². The van der Waals surface area contributed by atoms with E-state index < -0.39 is 10.0 Å². The number of sulfonamides is 1. The smallest absolute Gasteiger partial charge is 0.243 e. The van der Waals surface area contributed by atoms with Crippen LogP contribution in [0.15, 0.2) is 41.3 Å². The molecule has 2 fully saturated rings. The van der Waals surface area contributed by atoms with Crippen molar-refractivity contribution in [1.29, 1.82) is 0 Å². The van der Waals surface area contributed by atoms with E-state index in [2.05, 4.69) is 5.32 Å². The number of morpholine rings is 1. The summed E-state index contributed by atoms with van der Waals surface area (Å²) < 4.78 is 38.1. The summed E-state index contributed by atoms with van der Waals surface area (Å²) >= 11 is 0. The van der Waals surface area contributed by atoms with E-state index in [1.54, 1.807) is 23.1 Å². The Kier molecular flexibility index (Phi) is 7.73. The van der Waals surface area contributed by atoms with Gasteiger partial charge in [-0.3, -0.25) is 9.59 Å². The van der Waals surface area contributed by atoms with E-state index >= 15 is 0 Å². The Morgan fingerprint density at radius 2 is 1.89 bits per heavy atom. The van der Waals surface area contributed by atoms with Crippen molar-refractivity contribution in [1.82, 2.24) is 4.31 Å². The summed E-state index contributed by atoms with van der Waals surface area (Å²) in [5, 5.41) is 2.89. The van der Waals surface area contributed by atoms with E-state index in [0.29, 0.717) is 62.7 Å². The lowest BCUT2D eigenvalue weighted by Gasteiger charge is -2.26. The average Bonchev–Trinajstić information content (AvgIpc) is 3.28. The quantitative estimate of drug-likeness (QED) is 0.596. The van der Waals surface area contributed by atoms with Gasteiger partial charge in [-0.2, -0.15) is 4.31 Å². The highest BCUT2D eigenvalue weighted by molar-refractivity contribution is 7.89. The summed E-state index contributed by atoms with van der Waals surface area (Å²) in [5.74, 6) is 0.462. The number of benzene rings is 2. The second kappa shape index (κ2) is 10.8. The fourth-order valence-corrected chi connectivity index (χ4v) is 5.92. The van der Waals surface area contributed by atoms with E-state index in [4.69, 9.17) is 9.47 Å². The number of rotatable bonds is 8. The van der Waals surface area contributed by atoms with E-state index in [-0.39, 0.29) is 23.1 Å². The van der Waals surface area contributed by atoms with Crippen molar-refractivity contribution in [3.05, 3.63) is 47.5 Å². The Balaban J connectivity index is 1.42. The molecule has 9 nitrogen and oxygen atoms in total. The third-order valence-corrected chi connectivity index (χ3v) is 8.22. The summed E-state index contributed by atoms with van der Waals surface area (Å²) in [6, 6.07) is 10.3. The number of hydrogen-bond donors (Lipinski definition) is 1. The third kappa shape index (κ3) is 5.66. The molecular formula is C25H31N3O6S. The van der Waals surface area contributed by atoms with Crippen LogP contribution >= 0.6 is 0 Å². The summed E-state index contributed by atoms with van der Waals surface area (Å²) in [6.45, 7) is 4.01. The predicted octanol–water partition coefficient (Wildman–Crippen LogP) is 2.72. The zero-order valence-corrected chi connectivity index (χ0v) is 20.9. The van der Waals surface area contributed by atoms with Crippen molar-refractivity contribution in [2.45, 2.75) is 37.5 Å². The lowest BCUT2D eigenvalue weighted by Crippen LogP contribution is -2.40. The van der Waals surface area contributed by atoms with E-state index in [1.807, 2.05) is 19.1 Å². The Labute approximate surface area is 206 Å². The minimum absolute atomic E-state index is 0.122. The molecule has 0 aromatic heterocycles. The van der Waals surface area contributed by atoms with Crippen molar-refractivity contribution < 1.29 is 27.5 Å². The number of aryl methyl sites for hydroxylation is 2. The number of nitrogens with one attached hydrogen (secondary N) is 1. The SMILES string of the molecule is COc1ccc(S(=O)(=O)N2CCOCC2)cc1CCC(=O)Nc1ccc(N2CCCC2=O)c(C)c1. The number of methoxy groups -OCH3 is 1. The monoisotopic (exact) mass is 501 g/mol. The maximum absolute atomic E-state index is 13.0. The van der Waals surface area contributed by atoms with Crippen molar-refractivity contribution in [2.75, 3.05) is 50.2 Å². The number of hydrogen-bond acceptors (Lipinski definition) is 6. The highest BCUT2D eigenvalue weighted by atomic mass is 32.2. The number of ether oxygens (including phenoxy) is 2. The Bertz CT molecular complexity index is 1210. The highest BCUT2D eigenvalue weighted by Gasteiger charge is 2.27. The molecule has 0 atom stereocenters. The summed E-state index contributed by atoms with van der Waals surface area (Å²) in [7, 11) is -2.13. The molecule has 0 aliphatic carbocycles. The molecule has 10 heteroatoms. The number of anilines is 2. The molecule has 0 spiro atoms. The van der Waals surface area contributed by atoms with Gasteiger partial charge in [0.2, 0.25) is 21.8 Å². The van der Waals surface area contributed by atoms with Crippen LogP contribution < -0.4 is 15.0 Å². The van der Waals surface area contributed by atoms with Gasteiger partial charge in [0.25, 0.3) is 0 Å². The first kappa shape index (κ1) is 25.2. The van der Waals surface area contributed by atoms with Crippen LogP contribution in [0.4, 0.5) is 11.4 Å². The van der Waals surface area contributed by atoms with Gasteiger partial charge in [-0.15, -0.1) is 0 Å². The molecule has 4 rings (SSSR count). The van der Waals surface area contributed by atoms with Crippen molar-refractivity contribution in [3.8, 4) is 5.75 Å². The first-order valence-electron chi connectivity index (χ1n) is 11.8. The standard InChI is InChI=1S/C25H31N3O6S/c1-18-16-20(6-8-22(18)28-11-3-4-25(28)30)26-24(29)10-5-19-17-21(7-9-23(19)33-2)35(31,32)27-12-14-34-15-13-27/h6-9,16-17H,3-5,10-15H2,1-2H3,(H,26,29). The molecule has 2 aliphatic rings. The van der Waals surface area contributed by atoms with Crippen molar-refractivity contribution in [2.24, 2.45) is 0 Å². The van der Waals surface area contributed by atoms with Crippen LogP contribution in [0.25, 0.3) is 0 Å². The van der Waals surface area contributed by atoms with Gasteiger partial charge in [0.1, 0.15) is 5.75 Å². The van der Waals surface area contributed by atoms with Crippen LogP contribution in [0.2, 0.25) is 0 Å². The summed E-state index contributed by atoms with van der Waals surface area (Å²) in [6.07, 6.45) is 1.90. The number of amides is 2. The minimum Gasteiger partial charge on any atom is -0.496 e. The average molecular weight is 502 g/mol. The molecule has 2 saturated heterocycles. The molecule has 2 heterocycles. The molecule has 1 N–H and O–H groups in total. The van der Waals surface area contributed by atoms with Crippen LogP contribution in [-0.2, 0) is 30.8 Å². The third-order valence-electron chi connectivity index (χ3n) is 6.33. The zero-order valence-electron chi connectivity index (χ0n) is 20.1. The molecule has 2 aromatic carbocycles. The lowest BCUT2D eigenvalue weighted by atomic mass is 10.1.